The van der Waals surface area contributed by atoms with E-state index in [1.807, 2.05) is 12.1 Å². The first-order chi connectivity index (χ1) is 6.22. The van der Waals surface area contributed by atoms with Crippen LogP contribution in [0.3, 0.4) is 0 Å². The highest BCUT2D eigenvalue weighted by atomic mass is 127. The average molecular weight is 309 g/mol. The Morgan fingerprint density at radius 1 is 1.54 bits per heavy atom. The summed E-state index contributed by atoms with van der Waals surface area (Å²) in [6.07, 6.45) is 0. The largest absolute Gasteiger partial charge is 0.496 e. The third-order valence-corrected chi connectivity index (χ3v) is 2.66. The lowest BCUT2D eigenvalue weighted by Crippen LogP contribution is -1.84. The van der Waals surface area contributed by atoms with E-state index in [0.29, 0.717) is 5.15 Å². The Morgan fingerprint density at radius 3 is 3.00 bits per heavy atom. The minimum Gasteiger partial charge on any atom is -0.496 e. The van der Waals surface area contributed by atoms with Crippen molar-refractivity contribution in [2.75, 3.05) is 7.11 Å². The van der Waals surface area contributed by atoms with Gasteiger partial charge in [-0.1, -0.05) is 11.6 Å². The van der Waals surface area contributed by atoms with Gasteiger partial charge in [0.05, 0.1) is 18.0 Å². The molecule has 0 unspecified atom stereocenters. The average Bonchev–Trinajstić information content (AvgIpc) is 2.46. The number of rotatable bonds is 1. The van der Waals surface area contributed by atoms with Gasteiger partial charge in [-0.3, -0.25) is 5.10 Å². The molecule has 0 saturated carbocycles. The van der Waals surface area contributed by atoms with Crippen LogP contribution in [0.5, 0.6) is 5.75 Å². The van der Waals surface area contributed by atoms with Crippen molar-refractivity contribution in [1.82, 2.24) is 10.2 Å². The molecule has 68 valence electrons. The maximum atomic E-state index is 5.91. The number of hydrogen-bond donors (Lipinski definition) is 1. The number of nitrogens with zero attached hydrogens (tertiary/aromatic N) is 1. The molecule has 0 aliphatic heterocycles. The predicted molar refractivity (Wildman–Crippen MR) is 60.4 cm³/mol. The molecule has 1 heterocycles. The van der Waals surface area contributed by atoms with Gasteiger partial charge >= 0.3 is 0 Å². The fourth-order valence-corrected chi connectivity index (χ4v) is 2.01. The van der Waals surface area contributed by atoms with Crippen molar-refractivity contribution in [2.45, 2.75) is 0 Å². The summed E-state index contributed by atoms with van der Waals surface area (Å²) in [7, 11) is 1.62. The van der Waals surface area contributed by atoms with Gasteiger partial charge in [0, 0.05) is 3.57 Å². The first-order valence-corrected chi connectivity index (χ1v) is 5.05. The van der Waals surface area contributed by atoms with E-state index in [0.717, 1.165) is 20.2 Å². The molecule has 0 spiro atoms. The van der Waals surface area contributed by atoms with Crippen molar-refractivity contribution in [3.05, 3.63) is 20.9 Å². The molecule has 13 heavy (non-hydrogen) atoms. The number of hydrogen-bond acceptors (Lipinski definition) is 2. The Bertz CT molecular complexity index is 455. The lowest BCUT2D eigenvalue weighted by Gasteiger charge is -2.01. The van der Waals surface area contributed by atoms with Gasteiger partial charge in [-0.05, 0) is 34.7 Å². The fourth-order valence-electron chi connectivity index (χ4n) is 1.20. The predicted octanol–water partition coefficient (Wildman–Crippen LogP) is 2.83. The van der Waals surface area contributed by atoms with E-state index in [4.69, 9.17) is 16.3 Å². The van der Waals surface area contributed by atoms with Crippen molar-refractivity contribution in [1.29, 1.82) is 0 Å². The molecule has 0 amide bonds. The second-order valence-corrected chi connectivity index (χ2v) is 4.16. The number of methoxy groups -OCH3 is 1. The van der Waals surface area contributed by atoms with Crippen LogP contribution >= 0.6 is 34.2 Å². The first-order valence-electron chi connectivity index (χ1n) is 3.59. The van der Waals surface area contributed by atoms with Crippen molar-refractivity contribution in [3.63, 3.8) is 0 Å². The summed E-state index contributed by atoms with van der Waals surface area (Å²) in [6, 6.07) is 3.87. The van der Waals surface area contributed by atoms with Crippen LogP contribution in [0.1, 0.15) is 0 Å². The zero-order chi connectivity index (χ0) is 9.42. The summed E-state index contributed by atoms with van der Waals surface area (Å²) < 4.78 is 6.27. The lowest BCUT2D eigenvalue weighted by atomic mass is 10.2. The zero-order valence-corrected chi connectivity index (χ0v) is 9.68. The molecule has 0 fully saturated rings. The van der Waals surface area contributed by atoms with Crippen LogP contribution in [0.25, 0.3) is 10.9 Å². The van der Waals surface area contributed by atoms with Crippen LogP contribution in [0.2, 0.25) is 5.15 Å². The van der Waals surface area contributed by atoms with Crippen LogP contribution in [-0.2, 0) is 0 Å². The van der Waals surface area contributed by atoms with Gasteiger partial charge in [0.2, 0.25) is 0 Å². The summed E-state index contributed by atoms with van der Waals surface area (Å²) in [6.45, 7) is 0. The third-order valence-electron chi connectivity index (χ3n) is 1.76. The number of nitrogens with one attached hydrogen (secondary N) is 1. The highest BCUT2D eigenvalue weighted by Gasteiger charge is 2.09. The molecule has 0 radical (unpaired) electrons. The molecule has 5 heteroatoms. The molecular weight excluding hydrogens is 302 g/mol. The highest BCUT2D eigenvalue weighted by molar-refractivity contribution is 14.1. The van der Waals surface area contributed by atoms with Crippen molar-refractivity contribution in [2.24, 2.45) is 0 Å². The second kappa shape index (κ2) is 3.34. The van der Waals surface area contributed by atoms with E-state index in [2.05, 4.69) is 32.8 Å². The Balaban J connectivity index is 2.85. The molecule has 1 aromatic heterocycles. The van der Waals surface area contributed by atoms with E-state index < -0.39 is 0 Å². The number of ether oxygens (including phenoxy) is 1. The van der Waals surface area contributed by atoms with Crippen LogP contribution < -0.4 is 4.74 Å². The maximum Gasteiger partial charge on any atom is 0.135 e. The summed E-state index contributed by atoms with van der Waals surface area (Å²) >= 11 is 8.12. The Morgan fingerprint density at radius 2 is 2.31 bits per heavy atom. The van der Waals surface area contributed by atoms with Gasteiger partial charge in [-0.15, -0.1) is 0 Å². The number of halogens is 2. The first kappa shape index (κ1) is 9.08. The SMILES string of the molecule is COc1cc(I)cc2n[nH]c(Cl)c12. The van der Waals surface area contributed by atoms with Gasteiger partial charge in [-0.25, -0.2) is 0 Å². The molecule has 3 nitrogen and oxygen atoms in total. The van der Waals surface area contributed by atoms with Gasteiger partial charge in [0.25, 0.3) is 0 Å². The number of aromatic amines is 1. The van der Waals surface area contributed by atoms with Gasteiger partial charge in [-0.2, -0.15) is 5.10 Å². The van der Waals surface area contributed by atoms with E-state index in [1.54, 1.807) is 7.11 Å². The van der Waals surface area contributed by atoms with E-state index in [-0.39, 0.29) is 0 Å². The molecule has 0 aliphatic rings. The van der Waals surface area contributed by atoms with Crippen molar-refractivity contribution >= 4 is 45.1 Å². The molecule has 0 aliphatic carbocycles. The van der Waals surface area contributed by atoms with Crippen LogP contribution in [0.15, 0.2) is 12.1 Å². The third kappa shape index (κ3) is 1.48. The maximum absolute atomic E-state index is 5.91. The van der Waals surface area contributed by atoms with Crippen molar-refractivity contribution in [3.8, 4) is 5.75 Å². The second-order valence-electron chi connectivity index (χ2n) is 2.54. The Kier molecular flexibility index (Phi) is 2.33. The Hall–Kier alpha value is -0.490. The summed E-state index contributed by atoms with van der Waals surface area (Å²) in [5, 5.41) is 8.11. The summed E-state index contributed by atoms with van der Waals surface area (Å²) in [5.41, 5.74) is 0.828. The lowest BCUT2D eigenvalue weighted by molar-refractivity contribution is 0.419. The standard InChI is InChI=1S/C8H6ClIN2O/c1-13-6-3-4(10)2-5-7(6)8(9)12-11-5/h2-3H,1H3,(H,11,12). The van der Waals surface area contributed by atoms with E-state index >= 15 is 0 Å². The number of H-pyrrole nitrogens is 1. The summed E-state index contributed by atoms with van der Waals surface area (Å²) in [4.78, 5) is 0. The van der Waals surface area contributed by atoms with E-state index in [1.165, 1.54) is 0 Å². The van der Waals surface area contributed by atoms with Crippen LogP contribution in [0.4, 0.5) is 0 Å². The molecule has 0 saturated heterocycles. The zero-order valence-electron chi connectivity index (χ0n) is 6.77. The van der Waals surface area contributed by atoms with Crippen molar-refractivity contribution < 1.29 is 4.74 Å². The van der Waals surface area contributed by atoms with Crippen LogP contribution in [-0.4, -0.2) is 17.3 Å². The molecular formula is C8H6ClIN2O. The number of fused-ring (bicyclic) bond motifs is 1. The topological polar surface area (TPSA) is 37.9 Å². The van der Waals surface area contributed by atoms with Crippen LogP contribution in [0, 0.1) is 3.57 Å². The fraction of sp³-hybridized carbons (Fsp3) is 0.125. The number of benzene rings is 1. The summed E-state index contributed by atoms with van der Waals surface area (Å²) in [5.74, 6) is 0.751. The molecule has 2 aromatic rings. The smallest absolute Gasteiger partial charge is 0.135 e. The quantitative estimate of drug-likeness (QED) is 0.823. The molecule has 0 bridgehead atoms. The van der Waals surface area contributed by atoms with Gasteiger partial charge in [0.1, 0.15) is 10.9 Å². The van der Waals surface area contributed by atoms with Gasteiger partial charge < -0.3 is 4.74 Å². The number of aromatic nitrogens is 2. The minimum atomic E-state index is 0.517. The monoisotopic (exact) mass is 308 g/mol. The molecule has 2 rings (SSSR count). The Labute approximate surface area is 93.6 Å². The molecule has 0 atom stereocenters. The molecule has 1 N–H and O–H groups in total. The van der Waals surface area contributed by atoms with Gasteiger partial charge in [0.15, 0.2) is 0 Å². The minimum absolute atomic E-state index is 0.517. The normalized spacial score (nSPS) is 10.7. The molecule has 1 aromatic carbocycles. The van der Waals surface area contributed by atoms with E-state index in [9.17, 15) is 0 Å². The highest BCUT2D eigenvalue weighted by Crippen LogP contribution is 2.31.